The van der Waals surface area contributed by atoms with E-state index in [2.05, 4.69) is 37.2 Å². The molecule has 0 radical (unpaired) electrons. The molecule has 1 N–H and O–H groups in total. The van der Waals surface area contributed by atoms with Gasteiger partial charge in [-0.25, -0.2) is 8.42 Å². The largest absolute Gasteiger partial charge is 0.354 e. The van der Waals surface area contributed by atoms with Crippen molar-refractivity contribution in [3.8, 4) is 0 Å². The second-order valence-corrected chi connectivity index (χ2v) is 12.6. The highest BCUT2D eigenvalue weighted by atomic mass is 79.9. The molecule has 0 aliphatic rings. The highest BCUT2D eigenvalue weighted by Gasteiger charge is 2.33. The van der Waals surface area contributed by atoms with Crippen molar-refractivity contribution in [3.05, 3.63) is 98.9 Å². The molecule has 0 fully saturated rings. The molecule has 10 heteroatoms. The first kappa shape index (κ1) is 29.9. The third-order valence-corrected chi connectivity index (χ3v) is 7.96. The number of rotatable bonds is 12. The zero-order valence-electron chi connectivity index (χ0n) is 21.3. The predicted molar refractivity (Wildman–Crippen MR) is 158 cm³/mol. The van der Waals surface area contributed by atoms with Gasteiger partial charge in [-0.2, -0.15) is 0 Å². The fraction of sp³-hybridized carbons (Fsp3) is 0.286. The third-order valence-electron chi connectivity index (χ3n) is 5.84. The lowest BCUT2D eigenvalue weighted by Crippen LogP contribution is -2.53. The van der Waals surface area contributed by atoms with Crippen molar-refractivity contribution in [2.24, 2.45) is 0 Å². The summed E-state index contributed by atoms with van der Waals surface area (Å²) in [6.45, 7) is 2.11. The van der Waals surface area contributed by atoms with E-state index < -0.39 is 28.5 Å². The lowest BCUT2D eigenvalue weighted by molar-refractivity contribution is -0.140. The highest BCUT2D eigenvalue weighted by Crippen LogP contribution is 2.24. The van der Waals surface area contributed by atoms with E-state index >= 15 is 0 Å². The van der Waals surface area contributed by atoms with Crippen LogP contribution in [0.3, 0.4) is 0 Å². The van der Waals surface area contributed by atoms with E-state index in [1.165, 1.54) is 4.90 Å². The van der Waals surface area contributed by atoms with Gasteiger partial charge in [-0.3, -0.25) is 13.9 Å². The molecule has 202 valence electrons. The van der Waals surface area contributed by atoms with Crippen molar-refractivity contribution in [1.29, 1.82) is 0 Å². The fourth-order valence-corrected chi connectivity index (χ4v) is 5.67. The molecular weight excluding hydrogens is 634 g/mol. The number of hydrogen-bond donors (Lipinski definition) is 1. The molecule has 0 saturated carbocycles. The normalized spacial score (nSPS) is 12.0. The van der Waals surface area contributed by atoms with Crippen molar-refractivity contribution < 1.29 is 18.0 Å². The van der Waals surface area contributed by atoms with Gasteiger partial charge in [0.05, 0.1) is 11.9 Å². The SMILES string of the molecule is CCCNC(=O)[C@@H](Cc1ccccc1)N(Cc1cccc(Br)c1)C(=O)CN(c1cccc(Br)c1)S(C)(=O)=O. The van der Waals surface area contributed by atoms with E-state index in [9.17, 15) is 18.0 Å². The Labute approximate surface area is 241 Å². The Kier molecular flexibility index (Phi) is 10.9. The lowest BCUT2D eigenvalue weighted by Gasteiger charge is -2.33. The number of carbonyl (C=O) groups is 2. The molecule has 0 aliphatic heterocycles. The van der Waals surface area contributed by atoms with Crippen LogP contribution in [0.25, 0.3) is 0 Å². The first-order chi connectivity index (χ1) is 18.1. The van der Waals surface area contributed by atoms with Gasteiger partial charge in [0.25, 0.3) is 0 Å². The summed E-state index contributed by atoms with van der Waals surface area (Å²) in [5, 5.41) is 2.93. The van der Waals surface area contributed by atoms with Crippen LogP contribution < -0.4 is 9.62 Å². The van der Waals surface area contributed by atoms with E-state index in [0.717, 1.165) is 32.6 Å². The van der Waals surface area contributed by atoms with Crippen LogP contribution in [0.1, 0.15) is 24.5 Å². The standard InChI is InChI=1S/C28H31Br2N3O4S/c1-3-15-31-28(35)26(17-21-9-5-4-6-10-21)32(19-22-11-7-12-23(29)16-22)27(34)20-33(38(2,36)37)25-14-8-13-24(30)18-25/h4-14,16,18,26H,3,15,17,19-20H2,1-2H3,(H,31,35)/t26-/m1/s1. The zero-order chi connectivity index (χ0) is 27.7. The van der Waals surface area contributed by atoms with Gasteiger partial charge in [-0.15, -0.1) is 0 Å². The number of anilines is 1. The number of benzene rings is 3. The van der Waals surface area contributed by atoms with Gasteiger partial charge < -0.3 is 10.2 Å². The van der Waals surface area contributed by atoms with Gasteiger partial charge in [-0.05, 0) is 47.9 Å². The second kappa shape index (κ2) is 13.9. The van der Waals surface area contributed by atoms with E-state index in [0.29, 0.717) is 16.7 Å². The maximum Gasteiger partial charge on any atom is 0.244 e. The van der Waals surface area contributed by atoms with Crippen LogP contribution in [0.5, 0.6) is 0 Å². The van der Waals surface area contributed by atoms with Gasteiger partial charge >= 0.3 is 0 Å². The predicted octanol–water partition coefficient (Wildman–Crippen LogP) is 5.14. The summed E-state index contributed by atoms with van der Waals surface area (Å²) in [7, 11) is -3.80. The smallest absolute Gasteiger partial charge is 0.244 e. The molecule has 3 aromatic rings. The molecule has 0 aliphatic carbocycles. The van der Waals surface area contributed by atoms with Crippen LogP contribution >= 0.6 is 31.9 Å². The summed E-state index contributed by atoms with van der Waals surface area (Å²) in [6.07, 6.45) is 2.09. The molecule has 7 nitrogen and oxygen atoms in total. The Hall–Kier alpha value is -2.69. The van der Waals surface area contributed by atoms with Crippen LogP contribution in [-0.2, 0) is 32.6 Å². The maximum absolute atomic E-state index is 14.0. The zero-order valence-corrected chi connectivity index (χ0v) is 25.3. The summed E-state index contributed by atoms with van der Waals surface area (Å²) >= 11 is 6.84. The van der Waals surface area contributed by atoms with Gasteiger partial charge in [0.1, 0.15) is 12.6 Å². The Balaban J connectivity index is 2.04. The number of hydrogen-bond acceptors (Lipinski definition) is 4. The third kappa shape index (κ3) is 8.68. The molecule has 0 unspecified atom stereocenters. The molecule has 3 rings (SSSR count). The molecule has 0 saturated heterocycles. The van der Waals surface area contributed by atoms with Crippen LogP contribution in [0.15, 0.2) is 87.8 Å². The number of halogens is 2. The maximum atomic E-state index is 14.0. The summed E-state index contributed by atoms with van der Waals surface area (Å²) in [6, 6.07) is 22.9. The van der Waals surface area contributed by atoms with E-state index in [1.54, 1.807) is 24.3 Å². The minimum Gasteiger partial charge on any atom is -0.354 e. The molecule has 0 aromatic heterocycles. The van der Waals surface area contributed by atoms with Crippen LogP contribution in [0.2, 0.25) is 0 Å². The molecular formula is C28H31Br2N3O4S. The first-order valence-corrected chi connectivity index (χ1v) is 15.6. The van der Waals surface area contributed by atoms with Crippen LogP contribution in [0, 0.1) is 0 Å². The minimum absolute atomic E-state index is 0.130. The second-order valence-electron chi connectivity index (χ2n) is 8.90. The Morgan fingerprint density at radius 3 is 2.13 bits per heavy atom. The number of nitrogens with one attached hydrogen (secondary N) is 1. The monoisotopic (exact) mass is 663 g/mol. The molecule has 38 heavy (non-hydrogen) atoms. The molecule has 2 amide bonds. The van der Waals surface area contributed by atoms with Crippen molar-refractivity contribution in [2.45, 2.75) is 32.4 Å². The average molecular weight is 665 g/mol. The summed E-state index contributed by atoms with van der Waals surface area (Å²) in [4.78, 5) is 28.9. The lowest BCUT2D eigenvalue weighted by atomic mass is 10.0. The van der Waals surface area contributed by atoms with Crippen molar-refractivity contribution in [2.75, 3.05) is 23.7 Å². The molecule has 0 bridgehead atoms. The number of nitrogens with zero attached hydrogens (tertiary/aromatic N) is 2. The number of sulfonamides is 1. The quantitative estimate of drug-likeness (QED) is 0.291. The molecule has 1 atom stereocenters. The molecule has 0 heterocycles. The Morgan fingerprint density at radius 1 is 0.895 bits per heavy atom. The van der Waals surface area contributed by atoms with E-state index in [4.69, 9.17) is 0 Å². The Morgan fingerprint density at radius 2 is 1.53 bits per heavy atom. The number of amides is 2. The topological polar surface area (TPSA) is 86.8 Å². The van der Waals surface area contributed by atoms with Gasteiger partial charge in [0, 0.05) is 28.5 Å². The van der Waals surface area contributed by atoms with Crippen LogP contribution in [0.4, 0.5) is 5.69 Å². The van der Waals surface area contributed by atoms with E-state index in [-0.39, 0.29) is 18.9 Å². The molecule has 3 aromatic carbocycles. The van der Waals surface area contributed by atoms with Gasteiger partial charge in [-0.1, -0.05) is 87.3 Å². The van der Waals surface area contributed by atoms with Crippen molar-refractivity contribution in [3.63, 3.8) is 0 Å². The summed E-state index contributed by atoms with van der Waals surface area (Å²) in [5.74, 6) is -0.768. The van der Waals surface area contributed by atoms with Gasteiger partial charge in [0.2, 0.25) is 21.8 Å². The van der Waals surface area contributed by atoms with Crippen LogP contribution in [-0.4, -0.2) is 50.5 Å². The van der Waals surface area contributed by atoms with Crippen molar-refractivity contribution in [1.82, 2.24) is 10.2 Å². The molecule has 0 spiro atoms. The first-order valence-electron chi connectivity index (χ1n) is 12.2. The van der Waals surface area contributed by atoms with E-state index in [1.807, 2.05) is 61.5 Å². The average Bonchev–Trinajstić information content (AvgIpc) is 2.87. The summed E-state index contributed by atoms with van der Waals surface area (Å²) < 4.78 is 28.2. The van der Waals surface area contributed by atoms with Gasteiger partial charge in [0.15, 0.2) is 0 Å². The fourth-order valence-electron chi connectivity index (χ4n) is 4.00. The number of carbonyl (C=O) groups excluding carboxylic acids is 2. The minimum atomic E-state index is -3.80. The Bertz CT molecular complexity index is 1350. The summed E-state index contributed by atoms with van der Waals surface area (Å²) in [5.41, 5.74) is 2.05. The van der Waals surface area contributed by atoms with Crippen molar-refractivity contribution >= 4 is 59.4 Å². The highest BCUT2D eigenvalue weighted by molar-refractivity contribution is 9.10.